The van der Waals surface area contributed by atoms with Crippen molar-refractivity contribution in [1.82, 2.24) is 4.90 Å². The fourth-order valence-electron chi connectivity index (χ4n) is 4.20. The van der Waals surface area contributed by atoms with Crippen LogP contribution in [0.4, 0.5) is 17.1 Å². The highest BCUT2D eigenvalue weighted by atomic mass is 16.6. The van der Waals surface area contributed by atoms with Crippen LogP contribution in [0.2, 0.25) is 0 Å². The molecule has 3 aromatic rings. The van der Waals surface area contributed by atoms with E-state index in [0.29, 0.717) is 31.9 Å². The van der Waals surface area contributed by atoms with Gasteiger partial charge in [0.05, 0.1) is 4.92 Å². The Kier molecular flexibility index (Phi) is 6.58. The molecule has 0 bridgehead atoms. The second kappa shape index (κ2) is 9.73. The summed E-state index contributed by atoms with van der Waals surface area (Å²) in [6, 6.07) is 22.6. The first kappa shape index (κ1) is 22.3. The van der Waals surface area contributed by atoms with Crippen molar-refractivity contribution in [3.63, 3.8) is 0 Å². The van der Waals surface area contributed by atoms with Crippen LogP contribution in [-0.2, 0) is 0 Å². The zero-order valence-electron chi connectivity index (χ0n) is 18.9. The lowest BCUT2D eigenvalue weighted by Gasteiger charge is -2.36. The fraction of sp³-hybridized carbons (Fsp3) is 0.269. The number of piperazine rings is 1. The molecule has 4 rings (SSSR count). The minimum absolute atomic E-state index is 0.0508. The molecule has 7 nitrogen and oxygen atoms in total. The molecule has 0 saturated carbocycles. The van der Waals surface area contributed by atoms with Gasteiger partial charge in [0.2, 0.25) is 0 Å². The lowest BCUT2D eigenvalue weighted by Crippen LogP contribution is -2.49. The topological polar surface area (TPSA) is 78.7 Å². The van der Waals surface area contributed by atoms with E-state index >= 15 is 0 Å². The molecule has 7 heteroatoms. The standard InChI is InChI=1S/C26H28N4O3/c1-19-8-6-7-11-23(19)26(31)29-16-14-28(15-17-29)22-12-13-25(30(32)33)24(18-22)27-20(2)21-9-4-3-5-10-21/h3-13,18,20,27H,14-17H2,1-2H3/t20-/m0/s1. The summed E-state index contributed by atoms with van der Waals surface area (Å²) < 4.78 is 0. The molecular weight excluding hydrogens is 416 g/mol. The highest BCUT2D eigenvalue weighted by molar-refractivity contribution is 5.95. The van der Waals surface area contributed by atoms with Gasteiger partial charge in [-0.1, -0.05) is 48.5 Å². The lowest BCUT2D eigenvalue weighted by atomic mass is 10.1. The summed E-state index contributed by atoms with van der Waals surface area (Å²) >= 11 is 0. The molecule has 1 atom stereocenters. The van der Waals surface area contributed by atoms with Crippen LogP contribution >= 0.6 is 0 Å². The first-order chi connectivity index (χ1) is 15.9. The van der Waals surface area contributed by atoms with E-state index < -0.39 is 0 Å². The van der Waals surface area contributed by atoms with Gasteiger partial charge in [0.25, 0.3) is 11.6 Å². The van der Waals surface area contributed by atoms with Gasteiger partial charge < -0.3 is 15.1 Å². The average molecular weight is 445 g/mol. The number of hydrogen-bond acceptors (Lipinski definition) is 5. The summed E-state index contributed by atoms with van der Waals surface area (Å²) in [5.74, 6) is 0.0514. The van der Waals surface area contributed by atoms with Crippen molar-refractivity contribution in [2.45, 2.75) is 19.9 Å². The molecule has 0 aliphatic carbocycles. The van der Waals surface area contributed by atoms with Gasteiger partial charge in [-0.15, -0.1) is 0 Å². The van der Waals surface area contributed by atoms with Crippen molar-refractivity contribution < 1.29 is 9.72 Å². The average Bonchev–Trinajstić information content (AvgIpc) is 2.84. The smallest absolute Gasteiger partial charge is 0.292 e. The van der Waals surface area contributed by atoms with Crippen molar-refractivity contribution in [3.05, 3.63) is 99.6 Å². The first-order valence-electron chi connectivity index (χ1n) is 11.1. The summed E-state index contributed by atoms with van der Waals surface area (Å²) in [6.45, 7) is 6.49. The van der Waals surface area contributed by atoms with Gasteiger partial charge in [-0.3, -0.25) is 14.9 Å². The van der Waals surface area contributed by atoms with E-state index in [1.807, 2.05) is 79.4 Å². The Morgan fingerprint density at radius 1 is 0.970 bits per heavy atom. The predicted octanol–water partition coefficient (Wildman–Crippen LogP) is 5.04. The fourth-order valence-corrected chi connectivity index (χ4v) is 4.20. The van der Waals surface area contributed by atoms with Gasteiger partial charge in [0, 0.05) is 49.5 Å². The number of nitro groups is 1. The largest absolute Gasteiger partial charge is 0.373 e. The number of hydrogen-bond donors (Lipinski definition) is 1. The van der Waals surface area contributed by atoms with E-state index in [2.05, 4.69) is 10.2 Å². The number of aryl methyl sites for hydroxylation is 1. The van der Waals surface area contributed by atoms with Crippen LogP contribution in [0.25, 0.3) is 0 Å². The minimum atomic E-state index is -0.359. The molecule has 0 unspecified atom stereocenters. The Labute approximate surface area is 193 Å². The van der Waals surface area contributed by atoms with Crippen molar-refractivity contribution in [3.8, 4) is 0 Å². The Morgan fingerprint density at radius 2 is 1.64 bits per heavy atom. The van der Waals surface area contributed by atoms with Crippen LogP contribution in [-0.4, -0.2) is 41.9 Å². The number of amides is 1. The molecule has 0 aromatic heterocycles. The highest BCUT2D eigenvalue weighted by Crippen LogP contribution is 2.33. The summed E-state index contributed by atoms with van der Waals surface area (Å²) in [6.07, 6.45) is 0. The quantitative estimate of drug-likeness (QED) is 0.426. The Hall–Kier alpha value is -3.87. The second-order valence-corrected chi connectivity index (χ2v) is 8.33. The molecule has 1 saturated heterocycles. The summed E-state index contributed by atoms with van der Waals surface area (Å²) in [5.41, 5.74) is 4.22. The van der Waals surface area contributed by atoms with E-state index in [1.165, 1.54) is 0 Å². The molecule has 1 fully saturated rings. The Morgan fingerprint density at radius 3 is 2.30 bits per heavy atom. The van der Waals surface area contributed by atoms with Gasteiger partial charge in [-0.2, -0.15) is 0 Å². The van der Waals surface area contributed by atoms with Gasteiger partial charge in [-0.25, -0.2) is 0 Å². The van der Waals surface area contributed by atoms with E-state index in [4.69, 9.17) is 0 Å². The zero-order chi connectivity index (χ0) is 23.4. The predicted molar refractivity (Wildman–Crippen MR) is 131 cm³/mol. The van der Waals surface area contributed by atoms with Gasteiger partial charge in [0.1, 0.15) is 5.69 Å². The SMILES string of the molecule is Cc1ccccc1C(=O)N1CCN(c2ccc([N+](=O)[O-])c(N[C@@H](C)c3ccccc3)c2)CC1. The number of anilines is 2. The van der Waals surface area contributed by atoms with Gasteiger partial charge >= 0.3 is 0 Å². The maximum atomic E-state index is 12.9. The van der Waals surface area contributed by atoms with E-state index in [1.54, 1.807) is 12.1 Å². The molecular formula is C26H28N4O3. The summed E-state index contributed by atoms with van der Waals surface area (Å²) in [4.78, 5) is 28.2. The molecule has 1 aliphatic heterocycles. The monoisotopic (exact) mass is 444 g/mol. The summed E-state index contributed by atoms with van der Waals surface area (Å²) in [7, 11) is 0. The van der Waals surface area contributed by atoms with Crippen LogP contribution in [0.5, 0.6) is 0 Å². The number of nitrogens with zero attached hydrogens (tertiary/aromatic N) is 3. The molecule has 0 radical (unpaired) electrons. The summed E-state index contributed by atoms with van der Waals surface area (Å²) in [5, 5.41) is 14.9. The maximum Gasteiger partial charge on any atom is 0.292 e. The third kappa shape index (κ3) is 4.98. The van der Waals surface area contributed by atoms with Gasteiger partial charge in [-0.05, 0) is 43.2 Å². The van der Waals surface area contributed by atoms with Crippen molar-refractivity contribution >= 4 is 23.0 Å². The molecule has 1 aliphatic rings. The zero-order valence-corrected chi connectivity index (χ0v) is 18.9. The number of benzene rings is 3. The van der Waals surface area contributed by atoms with Gasteiger partial charge in [0.15, 0.2) is 0 Å². The first-order valence-corrected chi connectivity index (χ1v) is 11.1. The van der Waals surface area contributed by atoms with Crippen LogP contribution < -0.4 is 10.2 Å². The lowest BCUT2D eigenvalue weighted by molar-refractivity contribution is -0.384. The number of carbonyl (C=O) groups is 1. The molecule has 0 spiro atoms. The molecule has 33 heavy (non-hydrogen) atoms. The van der Waals surface area contributed by atoms with E-state index in [9.17, 15) is 14.9 Å². The second-order valence-electron chi connectivity index (χ2n) is 8.33. The van der Waals surface area contributed by atoms with E-state index in [-0.39, 0.29) is 22.6 Å². The normalized spacial score (nSPS) is 14.6. The van der Waals surface area contributed by atoms with E-state index in [0.717, 1.165) is 22.4 Å². The number of nitro benzene ring substituents is 1. The Bertz CT molecular complexity index is 1140. The van der Waals surface area contributed by atoms with Crippen molar-refractivity contribution in [1.29, 1.82) is 0 Å². The molecule has 1 N–H and O–H groups in total. The molecule has 1 amide bonds. The maximum absolute atomic E-state index is 12.9. The number of rotatable bonds is 6. The minimum Gasteiger partial charge on any atom is -0.373 e. The van der Waals surface area contributed by atoms with Crippen molar-refractivity contribution in [2.75, 3.05) is 36.4 Å². The third-order valence-electron chi connectivity index (χ3n) is 6.16. The van der Waals surface area contributed by atoms with Crippen LogP contribution in [0.15, 0.2) is 72.8 Å². The molecule has 170 valence electrons. The number of carbonyl (C=O) groups excluding carboxylic acids is 1. The highest BCUT2D eigenvalue weighted by Gasteiger charge is 2.25. The Balaban J connectivity index is 1.48. The van der Waals surface area contributed by atoms with Crippen LogP contribution in [0.3, 0.4) is 0 Å². The van der Waals surface area contributed by atoms with Crippen LogP contribution in [0.1, 0.15) is 34.5 Å². The third-order valence-corrected chi connectivity index (χ3v) is 6.16. The molecule has 3 aromatic carbocycles. The molecule has 1 heterocycles. The van der Waals surface area contributed by atoms with Crippen molar-refractivity contribution in [2.24, 2.45) is 0 Å². The number of nitrogens with one attached hydrogen (secondary N) is 1. The van der Waals surface area contributed by atoms with Crippen LogP contribution in [0, 0.1) is 17.0 Å².